The Hall–Kier alpha value is -0.0800. The van der Waals surface area contributed by atoms with Crippen LogP contribution in [0.5, 0.6) is 0 Å². The monoisotopic (exact) mass is 223 g/mol. The zero-order valence-corrected chi connectivity index (χ0v) is 10.4. The van der Waals surface area contributed by atoms with Crippen LogP contribution in [-0.4, -0.2) is 35.2 Å². The maximum atomic E-state index is 10.5. The molecule has 2 saturated heterocycles. The van der Waals surface area contributed by atoms with Crippen molar-refractivity contribution in [1.29, 1.82) is 0 Å². The Morgan fingerprint density at radius 3 is 2.06 bits per heavy atom. The van der Waals surface area contributed by atoms with Crippen molar-refractivity contribution < 1.29 is 5.11 Å². The third-order valence-electron chi connectivity index (χ3n) is 5.50. The highest BCUT2D eigenvalue weighted by Gasteiger charge is 2.42. The summed E-state index contributed by atoms with van der Waals surface area (Å²) in [4.78, 5) is 2.57. The Morgan fingerprint density at radius 2 is 1.50 bits per heavy atom. The van der Waals surface area contributed by atoms with Crippen LogP contribution in [0.25, 0.3) is 0 Å². The van der Waals surface area contributed by atoms with Crippen molar-refractivity contribution in [2.24, 2.45) is 11.8 Å². The summed E-state index contributed by atoms with van der Waals surface area (Å²) in [6, 6.07) is 1.56. The molecule has 2 aliphatic heterocycles. The van der Waals surface area contributed by atoms with Crippen LogP contribution in [0.15, 0.2) is 0 Å². The van der Waals surface area contributed by atoms with Crippen LogP contribution in [-0.2, 0) is 0 Å². The lowest BCUT2D eigenvalue weighted by Gasteiger charge is -2.39. The van der Waals surface area contributed by atoms with Crippen molar-refractivity contribution in [2.75, 3.05) is 7.05 Å². The molecule has 0 aromatic carbocycles. The van der Waals surface area contributed by atoms with Gasteiger partial charge in [-0.15, -0.1) is 0 Å². The first kappa shape index (κ1) is 11.0. The minimum atomic E-state index is 0.0132. The van der Waals surface area contributed by atoms with E-state index in [1.54, 1.807) is 0 Å². The lowest BCUT2D eigenvalue weighted by Crippen LogP contribution is -2.44. The van der Waals surface area contributed by atoms with Gasteiger partial charge in [0.1, 0.15) is 0 Å². The van der Waals surface area contributed by atoms with E-state index in [1.807, 2.05) is 0 Å². The first-order chi connectivity index (χ1) is 7.75. The normalized spacial score (nSPS) is 42.8. The Morgan fingerprint density at radius 1 is 0.938 bits per heavy atom. The second-order valence-corrected chi connectivity index (χ2v) is 6.32. The molecule has 3 atom stereocenters. The van der Waals surface area contributed by atoms with Crippen LogP contribution in [0, 0.1) is 11.8 Å². The summed E-state index contributed by atoms with van der Waals surface area (Å²) in [5.74, 6) is 1.24. The van der Waals surface area contributed by atoms with E-state index in [9.17, 15) is 5.11 Å². The Bertz CT molecular complexity index is 235. The van der Waals surface area contributed by atoms with Gasteiger partial charge < -0.3 is 10.0 Å². The molecule has 16 heavy (non-hydrogen) atoms. The van der Waals surface area contributed by atoms with Crippen molar-refractivity contribution in [3.05, 3.63) is 0 Å². The quantitative estimate of drug-likeness (QED) is 0.777. The van der Waals surface area contributed by atoms with Gasteiger partial charge in [0, 0.05) is 12.1 Å². The van der Waals surface area contributed by atoms with E-state index < -0.39 is 0 Å². The first-order valence-corrected chi connectivity index (χ1v) is 7.15. The predicted octanol–water partition coefficient (Wildman–Crippen LogP) is 2.41. The highest BCUT2D eigenvalue weighted by molar-refractivity contribution is 4.96. The molecule has 1 N–H and O–H groups in total. The smallest absolute Gasteiger partial charge is 0.0597 e. The molecule has 1 saturated carbocycles. The fraction of sp³-hybridized carbons (Fsp3) is 1.00. The van der Waals surface area contributed by atoms with E-state index in [0.29, 0.717) is 11.8 Å². The molecule has 2 bridgehead atoms. The van der Waals surface area contributed by atoms with E-state index in [-0.39, 0.29) is 6.10 Å². The third-order valence-corrected chi connectivity index (χ3v) is 5.50. The number of aliphatic hydroxyl groups excluding tert-OH is 1. The molecule has 3 rings (SSSR count). The largest absolute Gasteiger partial charge is 0.393 e. The topological polar surface area (TPSA) is 23.5 Å². The van der Waals surface area contributed by atoms with E-state index in [0.717, 1.165) is 12.1 Å². The first-order valence-electron chi connectivity index (χ1n) is 7.15. The van der Waals surface area contributed by atoms with E-state index >= 15 is 0 Å². The highest BCUT2D eigenvalue weighted by Crippen LogP contribution is 2.42. The SMILES string of the molecule is CN1C2CCC1CC(C(O)C1CCCC1)C2. The zero-order chi connectivity index (χ0) is 11.1. The molecule has 92 valence electrons. The summed E-state index contributed by atoms with van der Waals surface area (Å²) in [5, 5.41) is 10.5. The molecular formula is C14H25NO. The predicted molar refractivity (Wildman–Crippen MR) is 65.3 cm³/mol. The van der Waals surface area contributed by atoms with Crippen molar-refractivity contribution in [3.8, 4) is 0 Å². The van der Waals surface area contributed by atoms with Gasteiger partial charge in [0.15, 0.2) is 0 Å². The van der Waals surface area contributed by atoms with Crippen molar-refractivity contribution >= 4 is 0 Å². The minimum absolute atomic E-state index is 0.0132. The Balaban J connectivity index is 1.63. The van der Waals surface area contributed by atoms with Crippen LogP contribution in [0.2, 0.25) is 0 Å². The molecule has 2 nitrogen and oxygen atoms in total. The lowest BCUT2D eigenvalue weighted by molar-refractivity contribution is 0.00303. The lowest BCUT2D eigenvalue weighted by atomic mass is 9.81. The maximum absolute atomic E-state index is 10.5. The summed E-state index contributed by atoms with van der Waals surface area (Å²) < 4.78 is 0. The highest BCUT2D eigenvalue weighted by atomic mass is 16.3. The van der Waals surface area contributed by atoms with Gasteiger partial charge in [-0.1, -0.05) is 12.8 Å². The van der Waals surface area contributed by atoms with Crippen LogP contribution in [0.1, 0.15) is 51.4 Å². The van der Waals surface area contributed by atoms with Gasteiger partial charge in [0.25, 0.3) is 0 Å². The van der Waals surface area contributed by atoms with Crippen LogP contribution in [0.4, 0.5) is 0 Å². The van der Waals surface area contributed by atoms with E-state index in [4.69, 9.17) is 0 Å². The van der Waals surface area contributed by atoms with Crippen LogP contribution >= 0.6 is 0 Å². The summed E-state index contributed by atoms with van der Waals surface area (Å²) in [6.07, 6.45) is 10.5. The minimum Gasteiger partial charge on any atom is -0.393 e. The number of hydrogen-bond acceptors (Lipinski definition) is 2. The van der Waals surface area contributed by atoms with Crippen LogP contribution < -0.4 is 0 Å². The second kappa shape index (κ2) is 4.30. The molecular weight excluding hydrogens is 198 g/mol. The van der Waals surface area contributed by atoms with E-state index in [2.05, 4.69) is 11.9 Å². The zero-order valence-electron chi connectivity index (χ0n) is 10.4. The number of piperidine rings is 1. The van der Waals surface area contributed by atoms with E-state index in [1.165, 1.54) is 51.4 Å². The molecule has 0 aromatic heterocycles. The Labute approximate surface area is 99.0 Å². The maximum Gasteiger partial charge on any atom is 0.0597 e. The molecule has 2 heterocycles. The van der Waals surface area contributed by atoms with Crippen molar-refractivity contribution in [3.63, 3.8) is 0 Å². The number of rotatable bonds is 2. The van der Waals surface area contributed by atoms with Gasteiger partial charge in [-0.05, 0) is 57.4 Å². The van der Waals surface area contributed by atoms with Gasteiger partial charge in [-0.3, -0.25) is 0 Å². The van der Waals surface area contributed by atoms with Gasteiger partial charge in [-0.25, -0.2) is 0 Å². The number of nitrogens with zero attached hydrogens (tertiary/aromatic N) is 1. The fourth-order valence-corrected chi connectivity index (χ4v) is 4.42. The fourth-order valence-electron chi connectivity index (χ4n) is 4.42. The molecule has 3 unspecified atom stereocenters. The summed E-state index contributed by atoms with van der Waals surface area (Å²) >= 11 is 0. The third kappa shape index (κ3) is 1.80. The molecule has 3 fully saturated rings. The number of aliphatic hydroxyl groups is 1. The second-order valence-electron chi connectivity index (χ2n) is 6.32. The molecule has 0 spiro atoms. The Kier molecular flexibility index (Phi) is 2.97. The average Bonchev–Trinajstić information content (AvgIpc) is 2.85. The molecule has 0 radical (unpaired) electrons. The molecule has 0 aromatic rings. The summed E-state index contributed by atoms with van der Waals surface area (Å²) in [6.45, 7) is 0. The van der Waals surface area contributed by atoms with Gasteiger partial charge in [0.05, 0.1) is 6.10 Å². The average molecular weight is 223 g/mol. The number of hydrogen-bond donors (Lipinski definition) is 1. The number of fused-ring (bicyclic) bond motifs is 2. The molecule has 0 amide bonds. The van der Waals surface area contributed by atoms with Gasteiger partial charge in [0.2, 0.25) is 0 Å². The summed E-state index contributed by atoms with van der Waals surface area (Å²) in [5.41, 5.74) is 0. The van der Waals surface area contributed by atoms with Crippen molar-refractivity contribution in [1.82, 2.24) is 4.90 Å². The molecule has 1 aliphatic carbocycles. The van der Waals surface area contributed by atoms with Gasteiger partial charge in [-0.2, -0.15) is 0 Å². The van der Waals surface area contributed by atoms with Crippen molar-refractivity contribution in [2.45, 2.75) is 69.6 Å². The summed E-state index contributed by atoms with van der Waals surface area (Å²) in [7, 11) is 2.28. The molecule has 3 aliphatic rings. The molecule has 2 heteroatoms. The standard InChI is InChI=1S/C14H25NO/c1-15-12-6-7-13(15)9-11(8-12)14(16)10-4-2-3-5-10/h10-14,16H,2-9H2,1H3. The van der Waals surface area contributed by atoms with Gasteiger partial charge >= 0.3 is 0 Å². The van der Waals surface area contributed by atoms with Crippen LogP contribution in [0.3, 0.4) is 0 Å².